The number of H-pyrrole nitrogens is 1. The Morgan fingerprint density at radius 3 is 2.65 bits per heavy atom. The maximum Gasteiger partial charge on any atom is 0.329 e. The second-order valence-corrected chi connectivity index (χ2v) is 6.72. The first-order valence-electron chi connectivity index (χ1n) is 7.06. The number of nitrogens with zero attached hydrogens (tertiary/aromatic N) is 1. The first kappa shape index (κ1) is 17.3. The zero-order valence-corrected chi connectivity index (χ0v) is 13.8. The van der Waals surface area contributed by atoms with Crippen LogP contribution in [0.3, 0.4) is 0 Å². The van der Waals surface area contributed by atoms with Gasteiger partial charge in [-0.15, -0.1) is 11.8 Å². The maximum absolute atomic E-state index is 12.0. The maximum atomic E-state index is 12.0. The highest BCUT2D eigenvalue weighted by Gasteiger charge is 2.39. The van der Waals surface area contributed by atoms with E-state index in [1.54, 1.807) is 6.92 Å². The molecule has 1 saturated heterocycles. The van der Waals surface area contributed by atoms with Gasteiger partial charge in [0.1, 0.15) is 12.7 Å². The third-order valence-electron chi connectivity index (χ3n) is 3.40. The monoisotopic (exact) mass is 342 g/mol. The number of aryl methyl sites for hydroxylation is 1. The zero-order valence-electron chi connectivity index (χ0n) is 13.0. The van der Waals surface area contributed by atoms with Crippen molar-refractivity contribution in [3.63, 3.8) is 0 Å². The molecule has 0 aliphatic carbocycles. The van der Waals surface area contributed by atoms with Gasteiger partial charge in [-0.1, -0.05) is 0 Å². The molecule has 1 aromatic heterocycles. The van der Waals surface area contributed by atoms with Gasteiger partial charge in [0.05, 0.1) is 10.6 Å². The smallest absolute Gasteiger partial charge is 0.329 e. The Hall–Kier alpha value is -2.03. The van der Waals surface area contributed by atoms with Crippen molar-refractivity contribution in [2.75, 3.05) is 6.61 Å². The molecule has 2 heterocycles. The second kappa shape index (κ2) is 7.03. The molecule has 0 bridgehead atoms. The van der Waals surface area contributed by atoms with E-state index in [2.05, 4.69) is 4.98 Å². The number of ether oxygens (including phenoxy) is 2. The highest BCUT2D eigenvalue weighted by molar-refractivity contribution is 8.00. The minimum Gasteiger partial charge on any atom is -0.465 e. The van der Waals surface area contributed by atoms with Crippen LogP contribution in [-0.2, 0) is 19.1 Å². The van der Waals surface area contributed by atoms with Crippen molar-refractivity contribution < 1.29 is 19.1 Å². The summed E-state index contributed by atoms with van der Waals surface area (Å²) in [6.07, 6.45) is 1.40. The number of esters is 2. The van der Waals surface area contributed by atoms with Crippen molar-refractivity contribution in [2.45, 2.75) is 43.9 Å². The molecule has 2 rings (SSSR count). The Morgan fingerprint density at radius 1 is 1.35 bits per heavy atom. The average molecular weight is 342 g/mol. The number of nitrogens with one attached hydrogen (secondary N) is 1. The van der Waals surface area contributed by atoms with E-state index in [0.29, 0.717) is 12.0 Å². The number of carbonyl (C=O) groups is 2. The van der Waals surface area contributed by atoms with Crippen LogP contribution >= 0.6 is 11.8 Å². The molecule has 0 amide bonds. The molecule has 23 heavy (non-hydrogen) atoms. The van der Waals surface area contributed by atoms with Crippen molar-refractivity contribution in [1.82, 2.24) is 9.55 Å². The SMILES string of the molecule is CC(=O)OC[C@H]1SC(n2cc(C)c(=O)[nH]c2=O)C[C@@H]1OC(C)=O. The first-order chi connectivity index (χ1) is 10.8. The van der Waals surface area contributed by atoms with Gasteiger partial charge in [0, 0.05) is 32.0 Å². The number of aromatic nitrogens is 2. The lowest BCUT2D eigenvalue weighted by atomic mass is 10.2. The Kier molecular flexibility index (Phi) is 5.30. The molecule has 1 aliphatic heterocycles. The van der Waals surface area contributed by atoms with E-state index in [1.807, 2.05) is 0 Å². The van der Waals surface area contributed by atoms with Crippen LogP contribution in [0.2, 0.25) is 0 Å². The number of aromatic amines is 1. The van der Waals surface area contributed by atoms with Crippen LogP contribution in [0.15, 0.2) is 15.8 Å². The molecule has 3 atom stereocenters. The summed E-state index contributed by atoms with van der Waals surface area (Å²) in [7, 11) is 0. The van der Waals surface area contributed by atoms with Crippen molar-refractivity contribution in [1.29, 1.82) is 0 Å². The topological polar surface area (TPSA) is 107 Å². The summed E-state index contributed by atoms with van der Waals surface area (Å²) >= 11 is 1.37. The van der Waals surface area contributed by atoms with Crippen LogP contribution < -0.4 is 11.2 Å². The highest BCUT2D eigenvalue weighted by atomic mass is 32.2. The molecule has 1 N–H and O–H groups in total. The molecular weight excluding hydrogens is 324 g/mol. The molecule has 126 valence electrons. The Balaban J connectivity index is 2.23. The van der Waals surface area contributed by atoms with Crippen molar-refractivity contribution >= 4 is 23.7 Å². The molecule has 0 radical (unpaired) electrons. The van der Waals surface area contributed by atoms with Crippen LogP contribution in [-0.4, -0.2) is 39.5 Å². The predicted molar refractivity (Wildman–Crippen MR) is 83.3 cm³/mol. The van der Waals surface area contributed by atoms with Gasteiger partial charge in [-0.05, 0) is 6.92 Å². The molecule has 0 spiro atoms. The molecule has 1 aromatic rings. The minimum atomic E-state index is -0.521. The van der Waals surface area contributed by atoms with Crippen LogP contribution in [0.1, 0.15) is 31.2 Å². The Bertz CT molecular complexity index is 725. The number of rotatable bonds is 4. The fraction of sp³-hybridized carbons (Fsp3) is 0.571. The molecule has 0 saturated carbocycles. The minimum absolute atomic E-state index is 0.0888. The summed E-state index contributed by atoms with van der Waals surface area (Å²) in [4.78, 5) is 47.9. The van der Waals surface area contributed by atoms with Crippen molar-refractivity contribution in [3.05, 3.63) is 32.6 Å². The number of thioether (sulfide) groups is 1. The van der Waals surface area contributed by atoms with Crippen LogP contribution in [0.4, 0.5) is 0 Å². The summed E-state index contributed by atoms with van der Waals surface area (Å²) in [6, 6.07) is 0. The molecule has 0 aromatic carbocycles. The summed E-state index contributed by atoms with van der Waals surface area (Å²) < 4.78 is 11.7. The molecule has 9 heteroatoms. The summed E-state index contributed by atoms with van der Waals surface area (Å²) in [5.74, 6) is -0.859. The lowest BCUT2D eigenvalue weighted by molar-refractivity contribution is -0.148. The largest absolute Gasteiger partial charge is 0.465 e. The van der Waals surface area contributed by atoms with Gasteiger partial charge >= 0.3 is 17.6 Å². The van der Waals surface area contributed by atoms with Crippen LogP contribution in [0, 0.1) is 6.92 Å². The molecular formula is C14H18N2O6S. The zero-order chi connectivity index (χ0) is 17.1. The van der Waals surface area contributed by atoms with E-state index in [-0.39, 0.29) is 17.2 Å². The van der Waals surface area contributed by atoms with Gasteiger partial charge < -0.3 is 9.47 Å². The Labute approximate surface area is 136 Å². The van der Waals surface area contributed by atoms with Gasteiger partial charge in [-0.3, -0.25) is 23.9 Å². The average Bonchev–Trinajstić information content (AvgIpc) is 2.82. The van der Waals surface area contributed by atoms with Crippen molar-refractivity contribution in [3.8, 4) is 0 Å². The molecule has 8 nitrogen and oxygen atoms in total. The standard InChI is InChI=1S/C14H18N2O6S/c1-7-5-16(14(20)15-13(7)19)12-4-10(22-9(3)18)11(23-12)6-21-8(2)17/h5,10-12H,4,6H2,1-3H3,(H,15,19,20)/t10-,11+,12?/m0/s1. The lowest BCUT2D eigenvalue weighted by Crippen LogP contribution is -2.32. The van der Waals surface area contributed by atoms with Crippen molar-refractivity contribution in [2.24, 2.45) is 0 Å². The second-order valence-electron chi connectivity index (χ2n) is 5.29. The highest BCUT2D eigenvalue weighted by Crippen LogP contribution is 2.42. The Morgan fingerprint density at radius 2 is 2.04 bits per heavy atom. The molecule has 1 unspecified atom stereocenters. The van der Waals surface area contributed by atoms with Crippen LogP contribution in [0.25, 0.3) is 0 Å². The van der Waals surface area contributed by atoms with E-state index in [0.717, 1.165) is 0 Å². The fourth-order valence-electron chi connectivity index (χ4n) is 2.36. The number of carbonyl (C=O) groups excluding carboxylic acids is 2. The van der Waals surface area contributed by atoms with E-state index < -0.39 is 29.3 Å². The number of hydrogen-bond acceptors (Lipinski definition) is 7. The van der Waals surface area contributed by atoms with Gasteiger partial charge in [-0.2, -0.15) is 0 Å². The quantitative estimate of drug-likeness (QED) is 0.786. The van der Waals surface area contributed by atoms with Crippen LogP contribution in [0.5, 0.6) is 0 Å². The first-order valence-corrected chi connectivity index (χ1v) is 8.00. The van der Waals surface area contributed by atoms with Gasteiger partial charge in [0.25, 0.3) is 5.56 Å². The van der Waals surface area contributed by atoms with Gasteiger partial charge in [-0.25, -0.2) is 4.79 Å². The van der Waals surface area contributed by atoms with Gasteiger partial charge in [0.2, 0.25) is 0 Å². The molecule has 1 fully saturated rings. The normalized spacial score (nSPS) is 23.5. The third kappa shape index (κ3) is 4.25. The predicted octanol–water partition coefficient (Wildman–Crippen LogP) is 0.344. The third-order valence-corrected chi connectivity index (χ3v) is 4.93. The van der Waals surface area contributed by atoms with E-state index in [9.17, 15) is 19.2 Å². The van der Waals surface area contributed by atoms with E-state index in [4.69, 9.17) is 9.47 Å². The number of hydrogen-bond donors (Lipinski definition) is 1. The van der Waals surface area contributed by atoms with E-state index in [1.165, 1.54) is 36.4 Å². The van der Waals surface area contributed by atoms with Gasteiger partial charge in [0.15, 0.2) is 0 Å². The summed E-state index contributed by atoms with van der Waals surface area (Å²) in [6.45, 7) is 4.30. The van der Waals surface area contributed by atoms with E-state index >= 15 is 0 Å². The summed E-state index contributed by atoms with van der Waals surface area (Å²) in [5.41, 5.74) is -0.535. The summed E-state index contributed by atoms with van der Waals surface area (Å²) in [5, 5.41) is -0.588. The lowest BCUT2D eigenvalue weighted by Gasteiger charge is -2.17. The fourth-order valence-corrected chi connectivity index (χ4v) is 3.84. The molecule has 1 aliphatic rings.